The number of benzene rings is 2. The van der Waals surface area contributed by atoms with E-state index in [9.17, 15) is 9.59 Å². The molecule has 0 bridgehead atoms. The Morgan fingerprint density at radius 3 is 2.68 bits per heavy atom. The highest BCUT2D eigenvalue weighted by atomic mass is 35.5. The van der Waals surface area contributed by atoms with Gasteiger partial charge < -0.3 is 5.32 Å². The molecule has 3 aliphatic rings. The average molecular weight is 467 g/mol. The lowest BCUT2D eigenvalue weighted by Crippen LogP contribution is -2.52. The van der Waals surface area contributed by atoms with E-state index >= 15 is 0 Å². The molecule has 1 spiro atoms. The molecule has 6 rings (SSSR count). The minimum Gasteiger partial charge on any atom is -0.324 e. The van der Waals surface area contributed by atoms with Gasteiger partial charge in [-0.25, -0.2) is 0 Å². The van der Waals surface area contributed by atoms with Crippen LogP contribution >= 0.6 is 34.7 Å². The molecule has 1 aromatic heterocycles. The monoisotopic (exact) mass is 466 g/mol. The molecule has 4 heterocycles. The Bertz CT molecular complexity index is 1180. The van der Waals surface area contributed by atoms with Gasteiger partial charge >= 0.3 is 0 Å². The predicted octanol–water partition coefficient (Wildman–Crippen LogP) is 5.22. The summed E-state index contributed by atoms with van der Waals surface area (Å²) in [7, 11) is 0. The van der Waals surface area contributed by atoms with E-state index in [1.165, 1.54) is 11.3 Å². The molecule has 156 valence electrons. The summed E-state index contributed by atoms with van der Waals surface area (Å²) >= 11 is 9.45. The van der Waals surface area contributed by atoms with E-state index in [2.05, 4.69) is 10.2 Å². The predicted molar refractivity (Wildman–Crippen MR) is 126 cm³/mol. The molecule has 1 N–H and O–H groups in total. The Morgan fingerprint density at radius 2 is 1.90 bits per heavy atom. The summed E-state index contributed by atoms with van der Waals surface area (Å²) in [5, 5.41) is 5.68. The van der Waals surface area contributed by atoms with Crippen molar-refractivity contribution in [1.29, 1.82) is 0 Å². The van der Waals surface area contributed by atoms with E-state index in [4.69, 9.17) is 11.6 Å². The van der Waals surface area contributed by atoms with Crippen molar-refractivity contribution in [3.63, 3.8) is 0 Å². The Morgan fingerprint density at radius 1 is 1.10 bits per heavy atom. The van der Waals surface area contributed by atoms with Gasteiger partial charge in [0.25, 0.3) is 0 Å². The van der Waals surface area contributed by atoms with E-state index in [1.807, 2.05) is 77.8 Å². The van der Waals surface area contributed by atoms with Crippen LogP contribution in [0.4, 0.5) is 5.69 Å². The molecule has 4 nitrogen and oxygen atoms in total. The van der Waals surface area contributed by atoms with Crippen LogP contribution in [0.1, 0.15) is 26.7 Å². The number of amides is 1. The first-order valence-electron chi connectivity index (χ1n) is 10.2. The summed E-state index contributed by atoms with van der Waals surface area (Å²) in [5.41, 5.74) is 1.78. The first kappa shape index (κ1) is 19.6. The topological polar surface area (TPSA) is 49.4 Å². The number of rotatable bonds is 3. The quantitative estimate of drug-likeness (QED) is 0.537. The van der Waals surface area contributed by atoms with E-state index < -0.39 is 11.5 Å². The fourth-order valence-corrected chi connectivity index (χ4v) is 7.82. The van der Waals surface area contributed by atoms with E-state index in [0.717, 1.165) is 28.4 Å². The van der Waals surface area contributed by atoms with Crippen LogP contribution in [-0.2, 0) is 10.3 Å². The van der Waals surface area contributed by atoms with Crippen LogP contribution < -0.4 is 5.32 Å². The van der Waals surface area contributed by atoms with E-state index in [0.29, 0.717) is 9.90 Å². The highest BCUT2D eigenvalue weighted by Crippen LogP contribution is 2.61. The normalized spacial score (nSPS) is 29.2. The molecule has 0 aliphatic carbocycles. The van der Waals surface area contributed by atoms with Crippen LogP contribution in [-0.4, -0.2) is 34.3 Å². The van der Waals surface area contributed by atoms with Crippen molar-refractivity contribution in [2.75, 3.05) is 16.9 Å². The van der Waals surface area contributed by atoms with Gasteiger partial charge in [-0.15, -0.1) is 23.1 Å². The number of nitrogens with one attached hydrogen (secondary N) is 1. The zero-order valence-corrected chi connectivity index (χ0v) is 18.8. The number of hydrogen-bond donors (Lipinski definition) is 1. The lowest BCUT2D eigenvalue weighted by molar-refractivity contribution is -0.127. The molecule has 2 fully saturated rings. The molecule has 3 unspecified atom stereocenters. The molecule has 3 aliphatic heterocycles. The molecule has 1 amide bonds. The molecule has 3 aromatic rings. The highest BCUT2D eigenvalue weighted by Gasteiger charge is 2.69. The van der Waals surface area contributed by atoms with Crippen molar-refractivity contribution in [1.82, 2.24) is 4.90 Å². The third-order valence-electron chi connectivity index (χ3n) is 6.83. The van der Waals surface area contributed by atoms with Crippen LogP contribution in [0.3, 0.4) is 0 Å². The van der Waals surface area contributed by atoms with Crippen LogP contribution in [0.25, 0.3) is 0 Å². The maximum atomic E-state index is 14.1. The van der Waals surface area contributed by atoms with Gasteiger partial charge in [0.2, 0.25) is 5.91 Å². The minimum absolute atomic E-state index is 0.0428. The zero-order valence-electron chi connectivity index (χ0n) is 16.5. The molecular formula is C24H19ClN2O2S2. The lowest BCUT2D eigenvalue weighted by atomic mass is 9.70. The first-order valence-corrected chi connectivity index (χ1v) is 12.6. The Balaban J connectivity index is 1.62. The van der Waals surface area contributed by atoms with Gasteiger partial charge in [0.1, 0.15) is 5.54 Å². The number of halogens is 1. The number of anilines is 1. The van der Waals surface area contributed by atoms with Crippen molar-refractivity contribution in [3.8, 4) is 0 Å². The molecular weight excluding hydrogens is 448 g/mol. The third kappa shape index (κ3) is 2.65. The second kappa shape index (κ2) is 7.20. The second-order valence-electron chi connectivity index (χ2n) is 8.20. The average Bonchev–Trinajstić information content (AvgIpc) is 3.54. The third-order valence-corrected chi connectivity index (χ3v) is 9.00. The molecule has 4 atom stereocenters. The van der Waals surface area contributed by atoms with Gasteiger partial charge in [0.15, 0.2) is 5.78 Å². The van der Waals surface area contributed by atoms with E-state index in [-0.39, 0.29) is 23.7 Å². The Kier molecular flexibility index (Phi) is 4.54. The molecule has 2 saturated heterocycles. The Labute approximate surface area is 193 Å². The van der Waals surface area contributed by atoms with Crippen LogP contribution in [0.15, 0.2) is 66.0 Å². The van der Waals surface area contributed by atoms with Crippen molar-refractivity contribution >= 4 is 52.1 Å². The highest BCUT2D eigenvalue weighted by molar-refractivity contribution is 7.99. The van der Waals surface area contributed by atoms with Gasteiger partial charge in [-0.1, -0.05) is 48.0 Å². The molecule has 0 saturated carbocycles. The van der Waals surface area contributed by atoms with E-state index in [1.54, 1.807) is 0 Å². The number of nitrogens with zero attached hydrogens (tertiary/aromatic N) is 1. The Hall–Kier alpha value is -2.12. The van der Waals surface area contributed by atoms with Crippen LogP contribution in [0.2, 0.25) is 5.02 Å². The molecule has 7 heteroatoms. The fraction of sp³-hybridized carbons (Fsp3) is 0.250. The number of carbonyl (C=O) groups excluding carboxylic acids is 2. The molecule has 0 radical (unpaired) electrons. The fourth-order valence-electron chi connectivity index (χ4n) is 5.66. The summed E-state index contributed by atoms with van der Waals surface area (Å²) in [6.07, 6.45) is 0. The van der Waals surface area contributed by atoms with Crippen LogP contribution in [0, 0.1) is 5.92 Å². The van der Waals surface area contributed by atoms with Crippen LogP contribution in [0.5, 0.6) is 0 Å². The summed E-state index contributed by atoms with van der Waals surface area (Å²) < 4.78 is 0. The number of hydrogen-bond acceptors (Lipinski definition) is 5. The summed E-state index contributed by atoms with van der Waals surface area (Å²) in [6.45, 7) is 0. The van der Waals surface area contributed by atoms with Gasteiger partial charge in [-0.2, -0.15) is 0 Å². The van der Waals surface area contributed by atoms with Crippen molar-refractivity contribution in [3.05, 3.63) is 87.1 Å². The smallest absolute Gasteiger partial charge is 0.250 e. The number of ketones is 1. The first-order chi connectivity index (χ1) is 15.1. The number of thiophene rings is 1. The van der Waals surface area contributed by atoms with Crippen molar-refractivity contribution < 1.29 is 9.59 Å². The maximum absolute atomic E-state index is 14.1. The number of para-hydroxylation sites is 1. The summed E-state index contributed by atoms with van der Waals surface area (Å²) in [6, 6.07) is 19.5. The molecule has 2 aromatic carbocycles. The van der Waals surface area contributed by atoms with Gasteiger partial charge in [0.05, 0.1) is 10.8 Å². The SMILES string of the molecule is O=C(c1cccs1)C1C(c2ccc(Cl)cc2)C2CSCN2[C@@]12C(=O)Nc1ccccc12. The van der Waals surface area contributed by atoms with Crippen molar-refractivity contribution in [2.45, 2.75) is 17.5 Å². The summed E-state index contributed by atoms with van der Waals surface area (Å²) in [4.78, 5) is 30.8. The summed E-state index contributed by atoms with van der Waals surface area (Å²) in [5.74, 6) is 0.957. The largest absolute Gasteiger partial charge is 0.324 e. The van der Waals surface area contributed by atoms with Gasteiger partial charge in [-0.05, 0) is 35.2 Å². The van der Waals surface area contributed by atoms with Gasteiger partial charge in [-0.3, -0.25) is 14.5 Å². The second-order valence-corrected chi connectivity index (χ2v) is 10.6. The number of thioether (sulfide) groups is 1. The lowest BCUT2D eigenvalue weighted by Gasteiger charge is -2.36. The minimum atomic E-state index is -1.00. The number of fused-ring (bicyclic) bond motifs is 4. The zero-order chi connectivity index (χ0) is 21.2. The van der Waals surface area contributed by atoms with Gasteiger partial charge in [0, 0.05) is 39.9 Å². The number of Topliss-reactive ketones (excluding diaryl/α,β-unsaturated/α-hetero) is 1. The number of carbonyl (C=O) groups is 2. The molecule has 31 heavy (non-hydrogen) atoms. The maximum Gasteiger partial charge on any atom is 0.250 e. The standard InChI is InChI=1S/C24H19ClN2O2S2/c25-15-9-7-14(8-10-15)20-18-12-30-13-27(18)24(21(20)22(28)19-6-3-11-31-19)16-4-1-2-5-17(16)26-23(24)29/h1-11,18,20-21H,12-13H2,(H,26,29)/t18?,20?,21?,24-/m1/s1. The van der Waals surface area contributed by atoms with Crippen molar-refractivity contribution in [2.24, 2.45) is 5.92 Å².